The first-order valence-electron chi connectivity index (χ1n) is 5.66. The summed E-state index contributed by atoms with van der Waals surface area (Å²) in [6.45, 7) is 6.03. The Morgan fingerprint density at radius 1 is 1.41 bits per heavy atom. The van der Waals surface area contributed by atoms with Gasteiger partial charge in [0.15, 0.2) is 0 Å². The summed E-state index contributed by atoms with van der Waals surface area (Å²) in [4.78, 5) is 5.60. The molecule has 0 amide bonds. The molecule has 0 bridgehead atoms. The Bertz CT molecular complexity index is 527. The van der Waals surface area contributed by atoms with Gasteiger partial charge in [0.05, 0.1) is 16.4 Å². The molecule has 0 radical (unpaired) electrons. The number of aromatic nitrogens is 3. The summed E-state index contributed by atoms with van der Waals surface area (Å²) in [5.74, 6) is 0. The molecule has 17 heavy (non-hydrogen) atoms. The molecular weight excluding hydrogens is 232 g/mol. The van der Waals surface area contributed by atoms with E-state index in [2.05, 4.69) is 16.1 Å². The molecule has 0 fully saturated rings. The van der Waals surface area contributed by atoms with Gasteiger partial charge >= 0.3 is 0 Å². The van der Waals surface area contributed by atoms with Crippen molar-refractivity contribution < 1.29 is 0 Å². The van der Waals surface area contributed by atoms with E-state index in [-0.39, 0.29) is 6.04 Å². The number of aryl methyl sites for hydroxylation is 4. The summed E-state index contributed by atoms with van der Waals surface area (Å²) in [5.41, 5.74) is 9.50. The SMILES string of the molecule is Cc1cc(CC(N)c2sc(C)nc2C)n(C)n1. The molecule has 0 aliphatic rings. The molecule has 2 rings (SSSR count). The molecule has 0 saturated heterocycles. The van der Waals surface area contributed by atoms with Crippen LogP contribution < -0.4 is 5.73 Å². The first-order chi connectivity index (χ1) is 7.97. The number of nitrogens with zero attached hydrogens (tertiary/aromatic N) is 3. The van der Waals surface area contributed by atoms with Gasteiger partial charge in [-0.2, -0.15) is 5.10 Å². The molecule has 0 aliphatic heterocycles. The summed E-state index contributed by atoms with van der Waals surface area (Å²) in [6.07, 6.45) is 0.805. The number of hydrogen-bond acceptors (Lipinski definition) is 4. The molecule has 5 heteroatoms. The largest absolute Gasteiger partial charge is 0.323 e. The van der Waals surface area contributed by atoms with Crippen molar-refractivity contribution in [2.45, 2.75) is 33.2 Å². The van der Waals surface area contributed by atoms with Crippen LogP contribution in [0.3, 0.4) is 0 Å². The van der Waals surface area contributed by atoms with E-state index in [0.717, 1.165) is 22.8 Å². The highest BCUT2D eigenvalue weighted by molar-refractivity contribution is 7.11. The molecule has 2 heterocycles. The van der Waals surface area contributed by atoms with Gasteiger partial charge in [0.25, 0.3) is 0 Å². The molecule has 4 nitrogen and oxygen atoms in total. The highest BCUT2D eigenvalue weighted by Gasteiger charge is 2.15. The molecule has 1 unspecified atom stereocenters. The normalized spacial score (nSPS) is 13.0. The molecule has 92 valence electrons. The average molecular weight is 250 g/mol. The zero-order valence-electron chi connectivity index (χ0n) is 10.7. The van der Waals surface area contributed by atoms with Crippen LogP contribution in [0.25, 0.3) is 0 Å². The van der Waals surface area contributed by atoms with E-state index in [0.29, 0.717) is 0 Å². The van der Waals surface area contributed by atoms with Crippen LogP contribution in [0.4, 0.5) is 0 Å². The van der Waals surface area contributed by atoms with Gasteiger partial charge in [0.1, 0.15) is 0 Å². The van der Waals surface area contributed by atoms with Gasteiger partial charge in [-0.25, -0.2) is 4.98 Å². The fraction of sp³-hybridized carbons (Fsp3) is 0.500. The molecule has 0 aliphatic carbocycles. The van der Waals surface area contributed by atoms with Crippen molar-refractivity contribution in [1.29, 1.82) is 0 Å². The van der Waals surface area contributed by atoms with E-state index in [9.17, 15) is 0 Å². The highest BCUT2D eigenvalue weighted by Crippen LogP contribution is 2.25. The second-order valence-electron chi connectivity index (χ2n) is 4.39. The summed E-state index contributed by atoms with van der Waals surface area (Å²) in [7, 11) is 1.96. The predicted molar refractivity (Wildman–Crippen MR) is 70.2 cm³/mol. The lowest BCUT2D eigenvalue weighted by Crippen LogP contribution is -2.15. The minimum atomic E-state index is 0.0102. The minimum Gasteiger partial charge on any atom is -0.323 e. The Labute approximate surface area is 105 Å². The quantitative estimate of drug-likeness (QED) is 0.907. The van der Waals surface area contributed by atoms with Gasteiger partial charge in [-0.1, -0.05) is 0 Å². The lowest BCUT2D eigenvalue weighted by Gasteiger charge is -2.10. The van der Waals surface area contributed by atoms with E-state index < -0.39 is 0 Å². The predicted octanol–water partition coefficient (Wildman–Crippen LogP) is 2.04. The Morgan fingerprint density at radius 3 is 2.59 bits per heavy atom. The molecule has 2 aromatic rings. The third-order valence-electron chi connectivity index (χ3n) is 2.80. The van der Waals surface area contributed by atoms with E-state index in [1.807, 2.05) is 32.5 Å². The fourth-order valence-electron chi connectivity index (χ4n) is 2.06. The molecule has 1 atom stereocenters. The van der Waals surface area contributed by atoms with Crippen LogP contribution in [0.2, 0.25) is 0 Å². The van der Waals surface area contributed by atoms with Crippen molar-refractivity contribution in [1.82, 2.24) is 14.8 Å². The van der Waals surface area contributed by atoms with E-state index in [1.54, 1.807) is 11.3 Å². The zero-order valence-corrected chi connectivity index (χ0v) is 11.5. The van der Waals surface area contributed by atoms with Crippen LogP contribution in [-0.4, -0.2) is 14.8 Å². The summed E-state index contributed by atoms with van der Waals surface area (Å²) >= 11 is 1.69. The van der Waals surface area contributed by atoms with Crippen LogP contribution in [-0.2, 0) is 13.5 Å². The molecule has 0 spiro atoms. The maximum Gasteiger partial charge on any atom is 0.0900 e. The lowest BCUT2D eigenvalue weighted by molar-refractivity contribution is 0.643. The first kappa shape index (κ1) is 12.3. The van der Waals surface area contributed by atoms with Crippen molar-refractivity contribution in [2.24, 2.45) is 12.8 Å². The lowest BCUT2D eigenvalue weighted by atomic mass is 10.1. The maximum atomic E-state index is 6.25. The average Bonchev–Trinajstić information content (AvgIpc) is 2.70. The second-order valence-corrected chi connectivity index (χ2v) is 5.63. The molecule has 0 saturated carbocycles. The van der Waals surface area contributed by atoms with Crippen LogP contribution in [0.1, 0.15) is 33.0 Å². The molecular formula is C12H18N4S. The Balaban J connectivity index is 2.19. The second kappa shape index (κ2) is 4.58. The summed E-state index contributed by atoms with van der Waals surface area (Å²) in [6, 6.07) is 2.10. The van der Waals surface area contributed by atoms with Gasteiger partial charge in [0, 0.05) is 30.1 Å². The van der Waals surface area contributed by atoms with Crippen molar-refractivity contribution in [3.63, 3.8) is 0 Å². The van der Waals surface area contributed by atoms with Crippen LogP contribution in [0.5, 0.6) is 0 Å². The maximum absolute atomic E-state index is 6.25. The van der Waals surface area contributed by atoms with Crippen LogP contribution >= 0.6 is 11.3 Å². The third-order valence-corrected chi connectivity index (χ3v) is 4.01. The Hall–Kier alpha value is -1.20. The Kier molecular flexibility index (Phi) is 3.31. The number of thiazole rings is 1. The number of rotatable bonds is 3. The number of hydrogen-bond donors (Lipinski definition) is 1. The van der Waals surface area contributed by atoms with Crippen molar-refractivity contribution in [3.05, 3.63) is 33.0 Å². The van der Waals surface area contributed by atoms with Gasteiger partial charge in [-0.05, 0) is 26.8 Å². The van der Waals surface area contributed by atoms with E-state index in [1.165, 1.54) is 10.6 Å². The smallest absolute Gasteiger partial charge is 0.0900 e. The molecule has 0 aromatic carbocycles. The summed E-state index contributed by atoms with van der Waals surface area (Å²) in [5, 5.41) is 5.41. The highest BCUT2D eigenvalue weighted by atomic mass is 32.1. The van der Waals surface area contributed by atoms with Crippen molar-refractivity contribution in [2.75, 3.05) is 0 Å². The fourth-order valence-corrected chi connectivity index (χ4v) is 2.99. The topological polar surface area (TPSA) is 56.7 Å². The molecule has 2 N–H and O–H groups in total. The van der Waals surface area contributed by atoms with E-state index in [4.69, 9.17) is 5.73 Å². The van der Waals surface area contributed by atoms with Gasteiger partial charge in [-0.15, -0.1) is 11.3 Å². The standard InChI is InChI=1S/C12H18N4S/c1-7-5-10(16(4)15-7)6-11(13)12-8(2)14-9(3)17-12/h5,11H,6,13H2,1-4H3. The van der Waals surface area contributed by atoms with Gasteiger partial charge in [0.2, 0.25) is 0 Å². The Morgan fingerprint density at radius 2 is 2.12 bits per heavy atom. The van der Waals surface area contributed by atoms with E-state index >= 15 is 0 Å². The first-order valence-corrected chi connectivity index (χ1v) is 6.48. The zero-order chi connectivity index (χ0) is 12.6. The van der Waals surface area contributed by atoms with Crippen LogP contribution in [0.15, 0.2) is 6.07 Å². The van der Waals surface area contributed by atoms with Gasteiger partial charge in [-0.3, -0.25) is 4.68 Å². The van der Waals surface area contributed by atoms with Crippen molar-refractivity contribution in [3.8, 4) is 0 Å². The van der Waals surface area contributed by atoms with Crippen molar-refractivity contribution >= 4 is 11.3 Å². The minimum absolute atomic E-state index is 0.0102. The van der Waals surface area contributed by atoms with Gasteiger partial charge < -0.3 is 5.73 Å². The van der Waals surface area contributed by atoms with Crippen LogP contribution in [0, 0.1) is 20.8 Å². The summed E-state index contributed by atoms with van der Waals surface area (Å²) < 4.78 is 1.90. The monoisotopic (exact) mass is 250 g/mol. The number of nitrogens with two attached hydrogens (primary N) is 1. The molecule has 2 aromatic heterocycles. The third kappa shape index (κ3) is 2.56.